The molecular weight excluding hydrogens is 440 g/mol. The number of amides is 1. The van der Waals surface area contributed by atoms with Crippen LogP contribution in [-0.4, -0.2) is 41.9 Å². The first-order valence-electron chi connectivity index (χ1n) is 11.1. The first-order valence-corrected chi connectivity index (χ1v) is 12.5. The van der Waals surface area contributed by atoms with E-state index in [1.54, 1.807) is 25.1 Å². The van der Waals surface area contributed by atoms with Gasteiger partial charge >= 0.3 is 0 Å². The Morgan fingerprint density at radius 2 is 1.85 bits per heavy atom. The molecule has 1 amide bonds. The van der Waals surface area contributed by atoms with Crippen LogP contribution in [0.1, 0.15) is 36.8 Å². The number of carbonyl (C=O) groups excluding carboxylic acids is 1. The van der Waals surface area contributed by atoms with E-state index in [4.69, 9.17) is 4.52 Å². The molecule has 2 heterocycles. The van der Waals surface area contributed by atoms with Gasteiger partial charge in [-0.15, -0.1) is 0 Å². The number of piperidine rings is 1. The number of carbonyl (C=O) groups is 1. The summed E-state index contributed by atoms with van der Waals surface area (Å²) in [5.74, 6) is 0.578. The topological polar surface area (TPSA) is 105 Å². The molecule has 0 spiro atoms. The number of benzene rings is 2. The number of nitrogens with zero attached hydrogens (tertiary/aromatic N) is 3. The Morgan fingerprint density at radius 3 is 2.52 bits per heavy atom. The van der Waals surface area contributed by atoms with Crippen molar-refractivity contribution in [2.75, 3.05) is 18.4 Å². The largest absolute Gasteiger partial charge is 0.339 e. The van der Waals surface area contributed by atoms with Crippen LogP contribution in [-0.2, 0) is 21.2 Å². The van der Waals surface area contributed by atoms with Gasteiger partial charge in [-0.25, -0.2) is 8.42 Å². The van der Waals surface area contributed by atoms with Gasteiger partial charge in [0.1, 0.15) is 0 Å². The molecular formula is C24H28N4O4S. The van der Waals surface area contributed by atoms with Crippen molar-refractivity contribution in [2.24, 2.45) is 5.92 Å². The predicted molar refractivity (Wildman–Crippen MR) is 125 cm³/mol. The molecule has 0 unspecified atom stereocenters. The second kappa shape index (κ2) is 9.44. The van der Waals surface area contributed by atoms with Crippen molar-refractivity contribution in [3.8, 4) is 11.4 Å². The molecule has 9 heteroatoms. The summed E-state index contributed by atoms with van der Waals surface area (Å²) < 4.78 is 33.5. The summed E-state index contributed by atoms with van der Waals surface area (Å²) in [7, 11) is -3.72. The molecule has 0 aliphatic carbocycles. The second-order valence-corrected chi connectivity index (χ2v) is 10.2. The van der Waals surface area contributed by atoms with E-state index in [2.05, 4.69) is 15.5 Å². The van der Waals surface area contributed by atoms with Crippen molar-refractivity contribution < 1.29 is 17.7 Å². The number of hydrogen-bond donors (Lipinski definition) is 1. The van der Waals surface area contributed by atoms with Crippen molar-refractivity contribution >= 4 is 21.6 Å². The van der Waals surface area contributed by atoms with E-state index in [0.29, 0.717) is 55.2 Å². The smallest absolute Gasteiger partial charge is 0.243 e. The molecule has 1 saturated heterocycles. The summed E-state index contributed by atoms with van der Waals surface area (Å²) in [5, 5.41) is 6.93. The van der Waals surface area contributed by atoms with Crippen molar-refractivity contribution in [1.82, 2.24) is 14.4 Å². The monoisotopic (exact) mass is 468 g/mol. The number of aromatic nitrogens is 2. The molecule has 174 valence electrons. The number of hydrogen-bond acceptors (Lipinski definition) is 6. The van der Waals surface area contributed by atoms with E-state index in [-0.39, 0.29) is 16.7 Å². The predicted octanol–water partition coefficient (Wildman–Crippen LogP) is 3.96. The molecule has 0 bridgehead atoms. The lowest BCUT2D eigenvalue weighted by molar-refractivity contribution is -0.120. The number of nitrogens with one attached hydrogen (secondary N) is 1. The standard InChI is InChI=1S/C24H28N4O4S/c1-4-22-26-23(27-32-22)19-10-9-17(3)21(15-19)33(30,31)28-13-11-18(12-14-28)24(29)25-20-8-6-5-7-16(20)2/h5-10,15,18H,4,11-14H2,1-3H3,(H,25,29). The van der Waals surface area contributed by atoms with Gasteiger partial charge in [-0.3, -0.25) is 4.79 Å². The van der Waals surface area contributed by atoms with Gasteiger partial charge in [0.25, 0.3) is 0 Å². The summed E-state index contributed by atoms with van der Waals surface area (Å²) in [6, 6.07) is 12.8. The van der Waals surface area contributed by atoms with E-state index < -0.39 is 10.0 Å². The van der Waals surface area contributed by atoms with E-state index in [1.807, 2.05) is 38.1 Å². The third-order valence-corrected chi connectivity index (χ3v) is 8.10. The Labute approximate surface area is 194 Å². The summed E-state index contributed by atoms with van der Waals surface area (Å²) in [4.78, 5) is 17.3. The fourth-order valence-electron chi connectivity index (χ4n) is 3.98. The normalized spacial score (nSPS) is 15.5. The zero-order chi connectivity index (χ0) is 23.6. The lowest BCUT2D eigenvalue weighted by Crippen LogP contribution is -2.41. The van der Waals surface area contributed by atoms with Crippen LogP contribution < -0.4 is 5.32 Å². The van der Waals surface area contributed by atoms with Crippen molar-refractivity contribution in [3.63, 3.8) is 0 Å². The molecule has 1 aromatic heterocycles. The van der Waals surface area contributed by atoms with Crippen LogP contribution in [0.2, 0.25) is 0 Å². The third-order valence-electron chi connectivity index (χ3n) is 6.06. The molecule has 1 fully saturated rings. The highest BCUT2D eigenvalue weighted by molar-refractivity contribution is 7.89. The van der Waals surface area contributed by atoms with Crippen LogP contribution in [0.3, 0.4) is 0 Å². The van der Waals surface area contributed by atoms with Crippen LogP contribution in [0, 0.1) is 19.8 Å². The maximum absolute atomic E-state index is 13.4. The molecule has 1 aliphatic heterocycles. The van der Waals surface area contributed by atoms with Crippen molar-refractivity contribution in [1.29, 1.82) is 0 Å². The van der Waals surface area contributed by atoms with Gasteiger partial charge in [0.05, 0.1) is 4.90 Å². The van der Waals surface area contributed by atoms with Gasteiger partial charge in [0.2, 0.25) is 27.6 Å². The Morgan fingerprint density at radius 1 is 1.12 bits per heavy atom. The molecule has 33 heavy (non-hydrogen) atoms. The van der Waals surface area contributed by atoms with Crippen molar-refractivity contribution in [2.45, 2.75) is 44.9 Å². The maximum Gasteiger partial charge on any atom is 0.243 e. The number of sulfonamides is 1. The quantitative estimate of drug-likeness (QED) is 0.587. The first kappa shape index (κ1) is 23.1. The van der Waals surface area contributed by atoms with Crippen LogP contribution >= 0.6 is 0 Å². The van der Waals surface area contributed by atoms with Gasteiger partial charge in [0, 0.05) is 36.7 Å². The summed E-state index contributed by atoms with van der Waals surface area (Å²) in [6.45, 7) is 6.21. The second-order valence-electron chi connectivity index (χ2n) is 8.33. The van der Waals surface area contributed by atoms with Crippen LogP contribution in [0.25, 0.3) is 11.4 Å². The van der Waals surface area contributed by atoms with Crippen LogP contribution in [0.4, 0.5) is 5.69 Å². The van der Waals surface area contributed by atoms with Gasteiger partial charge < -0.3 is 9.84 Å². The van der Waals surface area contributed by atoms with E-state index >= 15 is 0 Å². The zero-order valence-electron chi connectivity index (χ0n) is 19.0. The maximum atomic E-state index is 13.4. The lowest BCUT2D eigenvalue weighted by Gasteiger charge is -2.31. The minimum atomic E-state index is -3.72. The SMILES string of the molecule is CCc1nc(-c2ccc(C)c(S(=O)(=O)N3CCC(C(=O)Nc4ccccc4C)CC3)c2)no1. The Hall–Kier alpha value is -3.04. The highest BCUT2D eigenvalue weighted by atomic mass is 32.2. The van der Waals surface area contributed by atoms with Crippen LogP contribution in [0.15, 0.2) is 51.9 Å². The number of rotatable bonds is 6. The molecule has 1 aliphatic rings. The highest BCUT2D eigenvalue weighted by Crippen LogP contribution is 2.29. The van der Waals surface area contributed by atoms with E-state index in [0.717, 1.165) is 11.3 Å². The van der Waals surface area contributed by atoms with Gasteiger partial charge in [-0.05, 0) is 49.9 Å². The van der Waals surface area contributed by atoms with Gasteiger partial charge in [0.15, 0.2) is 0 Å². The molecule has 8 nitrogen and oxygen atoms in total. The summed E-state index contributed by atoms with van der Waals surface area (Å²) in [6.07, 6.45) is 1.55. The average Bonchev–Trinajstić information content (AvgIpc) is 3.30. The Balaban J connectivity index is 1.47. The van der Waals surface area contributed by atoms with E-state index in [9.17, 15) is 13.2 Å². The molecule has 4 rings (SSSR count). The molecule has 0 saturated carbocycles. The third kappa shape index (κ3) is 4.84. The minimum Gasteiger partial charge on any atom is -0.339 e. The van der Waals surface area contributed by atoms with Crippen LogP contribution in [0.5, 0.6) is 0 Å². The number of anilines is 1. The summed E-state index contributed by atoms with van der Waals surface area (Å²) in [5.41, 5.74) is 3.03. The van der Waals surface area contributed by atoms with Gasteiger partial charge in [-0.1, -0.05) is 42.4 Å². The molecule has 2 aromatic carbocycles. The number of para-hydroxylation sites is 1. The first-order chi connectivity index (χ1) is 15.8. The van der Waals surface area contributed by atoms with Gasteiger partial charge in [-0.2, -0.15) is 9.29 Å². The fourth-order valence-corrected chi connectivity index (χ4v) is 5.70. The van der Waals surface area contributed by atoms with Crippen molar-refractivity contribution in [3.05, 3.63) is 59.5 Å². The lowest BCUT2D eigenvalue weighted by atomic mass is 9.97. The Kier molecular flexibility index (Phi) is 6.62. The fraction of sp³-hybridized carbons (Fsp3) is 0.375. The zero-order valence-corrected chi connectivity index (χ0v) is 19.9. The molecule has 1 N–H and O–H groups in total. The average molecular weight is 469 g/mol. The molecule has 0 radical (unpaired) electrons. The summed E-state index contributed by atoms with van der Waals surface area (Å²) >= 11 is 0. The van der Waals surface area contributed by atoms with E-state index in [1.165, 1.54) is 4.31 Å². The molecule has 3 aromatic rings. The number of aryl methyl sites for hydroxylation is 3. The molecule has 0 atom stereocenters. The highest BCUT2D eigenvalue weighted by Gasteiger charge is 2.33. The minimum absolute atomic E-state index is 0.0663. The Bertz CT molecular complexity index is 1260.